The van der Waals surface area contributed by atoms with E-state index in [1.165, 1.54) is 12.8 Å². The van der Waals surface area contributed by atoms with E-state index < -0.39 is 0 Å². The molecule has 2 atom stereocenters. The van der Waals surface area contributed by atoms with Gasteiger partial charge in [0.15, 0.2) is 0 Å². The maximum atomic E-state index is 11.9. The van der Waals surface area contributed by atoms with Gasteiger partial charge in [-0.1, -0.05) is 6.92 Å². The molecular formula is C14H24N4O. The van der Waals surface area contributed by atoms with E-state index in [1.807, 2.05) is 19.4 Å². The van der Waals surface area contributed by atoms with Crippen LogP contribution in [0.4, 0.5) is 0 Å². The third-order valence-electron chi connectivity index (χ3n) is 3.83. The Morgan fingerprint density at radius 3 is 3.16 bits per heavy atom. The number of nitrogens with zero attached hydrogens (tertiary/aromatic N) is 2. The lowest BCUT2D eigenvalue weighted by molar-refractivity contribution is -0.121. The van der Waals surface area contributed by atoms with Crippen LogP contribution in [-0.2, 0) is 18.3 Å². The van der Waals surface area contributed by atoms with Crippen LogP contribution < -0.4 is 10.6 Å². The molecule has 2 N–H and O–H groups in total. The first-order valence-corrected chi connectivity index (χ1v) is 7.13. The number of rotatable bonds is 5. The van der Waals surface area contributed by atoms with E-state index >= 15 is 0 Å². The third-order valence-corrected chi connectivity index (χ3v) is 3.83. The van der Waals surface area contributed by atoms with Crippen molar-refractivity contribution in [3.8, 4) is 0 Å². The van der Waals surface area contributed by atoms with Gasteiger partial charge in [0, 0.05) is 32.3 Å². The van der Waals surface area contributed by atoms with E-state index in [1.54, 1.807) is 4.68 Å². The number of carbonyl (C=O) groups excluding carboxylic acids is 1. The van der Waals surface area contributed by atoms with Crippen LogP contribution in [0.2, 0.25) is 0 Å². The van der Waals surface area contributed by atoms with Crippen molar-refractivity contribution in [2.45, 2.75) is 38.6 Å². The number of hydrogen-bond donors (Lipinski definition) is 2. The minimum atomic E-state index is 0.148. The summed E-state index contributed by atoms with van der Waals surface area (Å²) in [6, 6.07) is 0.340. The fraction of sp³-hybridized carbons (Fsp3) is 0.714. The number of aromatic nitrogens is 2. The fourth-order valence-electron chi connectivity index (χ4n) is 2.61. The van der Waals surface area contributed by atoms with Gasteiger partial charge in [-0.25, -0.2) is 0 Å². The number of carbonyl (C=O) groups is 1. The van der Waals surface area contributed by atoms with Crippen LogP contribution in [0.15, 0.2) is 12.4 Å². The minimum Gasteiger partial charge on any atom is -0.356 e. The SMILES string of the molecule is CC1CCCNC1CC(=O)NCCc1cnn(C)c1. The molecule has 1 aliphatic heterocycles. The van der Waals surface area contributed by atoms with Crippen molar-refractivity contribution in [2.24, 2.45) is 13.0 Å². The zero-order valence-corrected chi connectivity index (χ0v) is 11.9. The van der Waals surface area contributed by atoms with Crippen molar-refractivity contribution in [1.82, 2.24) is 20.4 Å². The zero-order valence-electron chi connectivity index (χ0n) is 11.9. The second-order valence-electron chi connectivity index (χ2n) is 5.51. The van der Waals surface area contributed by atoms with Gasteiger partial charge in [-0.3, -0.25) is 9.48 Å². The Balaban J connectivity index is 1.66. The summed E-state index contributed by atoms with van der Waals surface area (Å²) in [5.74, 6) is 0.743. The van der Waals surface area contributed by atoms with Gasteiger partial charge in [-0.05, 0) is 37.3 Å². The highest BCUT2D eigenvalue weighted by molar-refractivity contribution is 5.76. The highest BCUT2D eigenvalue weighted by Gasteiger charge is 2.22. The average molecular weight is 264 g/mol. The molecule has 0 bridgehead atoms. The van der Waals surface area contributed by atoms with Crippen LogP contribution in [0.3, 0.4) is 0 Å². The average Bonchev–Trinajstić information content (AvgIpc) is 2.78. The molecule has 19 heavy (non-hydrogen) atoms. The van der Waals surface area contributed by atoms with Crippen LogP contribution in [0.25, 0.3) is 0 Å². The molecule has 2 rings (SSSR count). The molecule has 106 valence electrons. The molecule has 1 aromatic heterocycles. The molecule has 1 aliphatic rings. The lowest BCUT2D eigenvalue weighted by Gasteiger charge is -2.29. The van der Waals surface area contributed by atoms with Crippen LogP contribution >= 0.6 is 0 Å². The van der Waals surface area contributed by atoms with Crippen molar-refractivity contribution < 1.29 is 4.79 Å². The van der Waals surface area contributed by atoms with Crippen LogP contribution in [-0.4, -0.2) is 34.8 Å². The molecule has 2 unspecified atom stereocenters. The predicted octanol–water partition coefficient (Wildman–Crippen LogP) is 0.857. The summed E-state index contributed by atoms with van der Waals surface area (Å²) in [7, 11) is 1.90. The Morgan fingerprint density at radius 2 is 2.47 bits per heavy atom. The fourth-order valence-corrected chi connectivity index (χ4v) is 2.61. The number of amides is 1. The predicted molar refractivity (Wildman–Crippen MR) is 74.7 cm³/mol. The largest absolute Gasteiger partial charge is 0.356 e. The monoisotopic (exact) mass is 264 g/mol. The molecule has 1 amide bonds. The van der Waals surface area contributed by atoms with Crippen molar-refractivity contribution in [1.29, 1.82) is 0 Å². The van der Waals surface area contributed by atoms with Crippen molar-refractivity contribution in [2.75, 3.05) is 13.1 Å². The van der Waals surface area contributed by atoms with E-state index in [2.05, 4.69) is 22.7 Å². The van der Waals surface area contributed by atoms with Gasteiger partial charge in [0.05, 0.1) is 6.20 Å². The smallest absolute Gasteiger partial charge is 0.221 e. The van der Waals surface area contributed by atoms with Gasteiger partial charge in [0.1, 0.15) is 0 Å². The quantitative estimate of drug-likeness (QED) is 0.829. The lowest BCUT2D eigenvalue weighted by Crippen LogP contribution is -2.43. The van der Waals surface area contributed by atoms with Gasteiger partial charge in [-0.15, -0.1) is 0 Å². The van der Waals surface area contributed by atoms with E-state index in [0.29, 0.717) is 24.9 Å². The van der Waals surface area contributed by atoms with E-state index in [-0.39, 0.29) is 5.91 Å². The summed E-state index contributed by atoms with van der Waals surface area (Å²) in [5.41, 5.74) is 1.16. The highest BCUT2D eigenvalue weighted by atomic mass is 16.1. The molecule has 2 heterocycles. The van der Waals surface area contributed by atoms with Gasteiger partial charge in [0.2, 0.25) is 5.91 Å². The van der Waals surface area contributed by atoms with E-state index in [9.17, 15) is 4.79 Å². The Kier molecular flexibility index (Phi) is 4.96. The Bertz CT molecular complexity index is 415. The first-order valence-electron chi connectivity index (χ1n) is 7.13. The first kappa shape index (κ1) is 14.1. The minimum absolute atomic E-state index is 0.148. The highest BCUT2D eigenvalue weighted by Crippen LogP contribution is 2.17. The summed E-state index contributed by atoms with van der Waals surface area (Å²) in [4.78, 5) is 11.9. The van der Waals surface area contributed by atoms with Gasteiger partial charge >= 0.3 is 0 Å². The molecule has 1 fully saturated rings. The van der Waals surface area contributed by atoms with Crippen LogP contribution in [0.1, 0.15) is 31.7 Å². The molecule has 5 heteroatoms. The molecule has 0 aliphatic carbocycles. The first-order chi connectivity index (χ1) is 9.15. The molecular weight excluding hydrogens is 240 g/mol. The Hall–Kier alpha value is -1.36. The van der Waals surface area contributed by atoms with Crippen molar-refractivity contribution >= 4 is 5.91 Å². The molecule has 0 radical (unpaired) electrons. The van der Waals surface area contributed by atoms with Gasteiger partial charge in [-0.2, -0.15) is 5.10 Å². The molecule has 0 saturated carbocycles. The summed E-state index contributed by atoms with van der Waals surface area (Å²) < 4.78 is 1.78. The zero-order chi connectivity index (χ0) is 13.7. The van der Waals surface area contributed by atoms with Crippen LogP contribution in [0, 0.1) is 5.92 Å². The molecule has 1 aromatic rings. The second kappa shape index (κ2) is 6.70. The molecule has 1 saturated heterocycles. The number of aryl methyl sites for hydroxylation is 1. The summed E-state index contributed by atoms with van der Waals surface area (Å²) in [6.07, 6.45) is 7.70. The Labute approximate surface area is 114 Å². The van der Waals surface area contributed by atoms with E-state index in [0.717, 1.165) is 18.5 Å². The normalized spacial score (nSPS) is 23.3. The standard InChI is InChI=1S/C14H24N4O/c1-11-4-3-6-15-13(11)8-14(19)16-7-5-12-9-17-18(2)10-12/h9-11,13,15H,3-8H2,1-2H3,(H,16,19). The van der Waals surface area contributed by atoms with Gasteiger partial charge in [0.25, 0.3) is 0 Å². The topological polar surface area (TPSA) is 59.0 Å². The van der Waals surface area contributed by atoms with Crippen LogP contribution in [0.5, 0.6) is 0 Å². The molecule has 0 aromatic carbocycles. The third kappa shape index (κ3) is 4.35. The maximum Gasteiger partial charge on any atom is 0.221 e. The summed E-state index contributed by atoms with van der Waals surface area (Å²) >= 11 is 0. The van der Waals surface area contributed by atoms with Crippen molar-refractivity contribution in [3.63, 3.8) is 0 Å². The van der Waals surface area contributed by atoms with Gasteiger partial charge < -0.3 is 10.6 Å². The number of piperidine rings is 1. The van der Waals surface area contributed by atoms with E-state index in [4.69, 9.17) is 0 Å². The maximum absolute atomic E-state index is 11.9. The Morgan fingerprint density at radius 1 is 1.63 bits per heavy atom. The number of nitrogens with one attached hydrogen (secondary N) is 2. The summed E-state index contributed by atoms with van der Waals surface area (Å²) in [5, 5.41) is 10.5. The number of hydrogen-bond acceptors (Lipinski definition) is 3. The van der Waals surface area contributed by atoms with Crippen molar-refractivity contribution in [3.05, 3.63) is 18.0 Å². The summed E-state index contributed by atoms with van der Waals surface area (Å²) in [6.45, 7) is 3.95. The lowest BCUT2D eigenvalue weighted by atomic mass is 9.90. The molecule has 0 spiro atoms. The molecule has 5 nitrogen and oxygen atoms in total. The second-order valence-corrected chi connectivity index (χ2v) is 5.51.